The van der Waals surface area contributed by atoms with Crippen LogP contribution in [0.2, 0.25) is 0 Å². The molecule has 5 nitrogen and oxygen atoms in total. The summed E-state index contributed by atoms with van der Waals surface area (Å²) >= 11 is 0. The molecule has 0 aromatic heterocycles. The molecule has 28 heavy (non-hydrogen) atoms. The number of benzene rings is 2. The molecule has 1 N–H and O–H groups in total. The van der Waals surface area contributed by atoms with Crippen LogP contribution in [0, 0.1) is 13.8 Å². The lowest BCUT2D eigenvalue weighted by Gasteiger charge is -2.35. The molecular weight excluding hydrogens is 350 g/mol. The van der Waals surface area contributed by atoms with E-state index in [1.165, 1.54) is 5.69 Å². The largest absolute Gasteiger partial charge is 0.493 e. The normalized spacial score (nSPS) is 14.8. The second-order valence-corrected chi connectivity index (χ2v) is 7.52. The Balaban J connectivity index is 1.50. The molecule has 1 aliphatic rings. The Morgan fingerprint density at radius 1 is 1.00 bits per heavy atom. The highest BCUT2D eigenvalue weighted by Crippen LogP contribution is 2.23. The number of anilines is 1. The van der Waals surface area contributed by atoms with Crippen LogP contribution in [-0.2, 0) is 11.3 Å². The average molecular weight is 382 g/mol. The van der Waals surface area contributed by atoms with Gasteiger partial charge in [-0.05, 0) is 43.7 Å². The van der Waals surface area contributed by atoms with E-state index in [1.54, 1.807) is 0 Å². The highest BCUT2D eigenvalue weighted by Gasteiger charge is 2.17. The molecule has 0 bridgehead atoms. The number of amides is 1. The minimum absolute atomic E-state index is 0.0133. The summed E-state index contributed by atoms with van der Waals surface area (Å²) in [4.78, 5) is 17.0. The third-order valence-corrected chi connectivity index (χ3v) is 5.30. The Bertz CT molecular complexity index is 778. The molecule has 0 spiro atoms. The fourth-order valence-corrected chi connectivity index (χ4v) is 3.57. The summed E-state index contributed by atoms with van der Waals surface area (Å²) < 4.78 is 5.85. The lowest BCUT2D eigenvalue weighted by Crippen LogP contribution is -2.45. The van der Waals surface area contributed by atoms with Crippen LogP contribution in [0.1, 0.15) is 23.1 Å². The molecule has 1 saturated heterocycles. The van der Waals surface area contributed by atoms with Crippen LogP contribution >= 0.6 is 0 Å². The Morgan fingerprint density at radius 3 is 2.39 bits per heavy atom. The number of hydrogen-bond acceptors (Lipinski definition) is 4. The van der Waals surface area contributed by atoms with Gasteiger partial charge in [0, 0.05) is 38.4 Å². The van der Waals surface area contributed by atoms with Gasteiger partial charge in [-0.15, -0.1) is 0 Å². The zero-order valence-electron chi connectivity index (χ0n) is 17.2. The van der Waals surface area contributed by atoms with Crippen molar-refractivity contribution >= 4 is 11.6 Å². The van der Waals surface area contributed by atoms with E-state index >= 15 is 0 Å². The van der Waals surface area contributed by atoms with Crippen molar-refractivity contribution < 1.29 is 9.53 Å². The minimum atomic E-state index is 0.0133. The molecule has 3 rings (SSSR count). The Labute approximate surface area is 168 Å². The number of nitrogens with one attached hydrogen (secondary N) is 1. The number of rotatable bonds is 7. The average Bonchev–Trinajstić information content (AvgIpc) is 2.69. The van der Waals surface area contributed by atoms with E-state index in [-0.39, 0.29) is 5.91 Å². The highest BCUT2D eigenvalue weighted by molar-refractivity contribution is 5.76. The predicted molar refractivity (Wildman–Crippen MR) is 114 cm³/mol. The van der Waals surface area contributed by atoms with Gasteiger partial charge in [0.25, 0.3) is 0 Å². The summed E-state index contributed by atoms with van der Waals surface area (Å²) in [5, 5.41) is 3.05. The first kappa shape index (κ1) is 20.2. The molecule has 2 aromatic rings. The van der Waals surface area contributed by atoms with Gasteiger partial charge in [0.2, 0.25) is 5.91 Å². The number of likely N-dealkylation sites (N-methyl/N-ethyl adjacent to an activating group) is 1. The molecule has 0 atom stereocenters. The van der Waals surface area contributed by atoms with Gasteiger partial charge in [-0.25, -0.2) is 0 Å². The molecule has 2 aromatic carbocycles. The molecule has 1 heterocycles. The summed E-state index contributed by atoms with van der Waals surface area (Å²) in [5.74, 6) is 0.898. The standard InChI is InChI=1S/C23H31N3O2/c1-18-7-6-8-19(2)23(18)28-16-11-22(27)24-17-20-9-4-5-10-21(20)26-14-12-25(3)13-15-26/h4-10H,11-17H2,1-3H3,(H,24,27). The van der Waals surface area contributed by atoms with E-state index in [2.05, 4.69) is 40.4 Å². The van der Waals surface area contributed by atoms with Gasteiger partial charge in [0.15, 0.2) is 0 Å². The zero-order chi connectivity index (χ0) is 19.9. The second-order valence-electron chi connectivity index (χ2n) is 7.52. The number of ether oxygens (including phenoxy) is 1. The Kier molecular flexibility index (Phi) is 6.93. The third-order valence-electron chi connectivity index (χ3n) is 5.30. The van der Waals surface area contributed by atoms with Crippen molar-refractivity contribution in [3.63, 3.8) is 0 Å². The van der Waals surface area contributed by atoms with Crippen molar-refractivity contribution in [3.8, 4) is 5.75 Å². The molecule has 0 aliphatic carbocycles. The molecule has 1 aliphatic heterocycles. The molecule has 1 fully saturated rings. The van der Waals surface area contributed by atoms with Crippen LogP contribution < -0.4 is 15.0 Å². The van der Waals surface area contributed by atoms with Crippen LogP contribution in [-0.4, -0.2) is 50.6 Å². The third kappa shape index (κ3) is 5.26. The number of para-hydroxylation sites is 2. The number of nitrogens with zero attached hydrogens (tertiary/aromatic N) is 2. The molecule has 5 heteroatoms. The number of hydrogen-bond donors (Lipinski definition) is 1. The summed E-state index contributed by atoms with van der Waals surface area (Å²) in [6.45, 7) is 9.15. The summed E-state index contributed by atoms with van der Waals surface area (Å²) in [6, 6.07) is 14.4. The monoisotopic (exact) mass is 381 g/mol. The molecule has 0 unspecified atom stereocenters. The van der Waals surface area contributed by atoms with E-state index < -0.39 is 0 Å². The first-order valence-corrected chi connectivity index (χ1v) is 10.0. The van der Waals surface area contributed by atoms with Crippen LogP contribution in [0.25, 0.3) is 0 Å². The van der Waals surface area contributed by atoms with E-state index in [9.17, 15) is 4.79 Å². The molecular formula is C23H31N3O2. The predicted octanol–water partition coefficient (Wildman–Crippen LogP) is 3.14. The summed E-state index contributed by atoms with van der Waals surface area (Å²) in [6.07, 6.45) is 0.352. The van der Waals surface area contributed by atoms with Crippen molar-refractivity contribution in [2.45, 2.75) is 26.8 Å². The second kappa shape index (κ2) is 9.60. The lowest BCUT2D eigenvalue weighted by molar-refractivity contribution is -0.121. The van der Waals surface area contributed by atoms with Gasteiger partial charge in [0.05, 0.1) is 13.0 Å². The molecule has 150 valence electrons. The summed E-state index contributed by atoms with van der Waals surface area (Å²) in [5.41, 5.74) is 4.58. The van der Waals surface area contributed by atoms with Gasteiger partial charge in [0.1, 0.15) is 5.75 Å². The van der Waals surface area contributed by atoms with Crippen molar-refractivity contribution in [3.05, 3.63) is 59.2 Å². The molecule has 0 saturated carbocycles. The van der Waals surface area contributed by atoms with E-state index in [4.69, 9.17) is 4.74 Å². The number of carbonyl (C=O) groups is 1. The van der Waals surface area contributed by atoms with Gasteiger partial charge >= 0.3 is 0 Å². The van der Waals surface area contributed by atoms with Gasteiger partial charge in [-0.2, -0.15) is 0 Å². The lowest BCUT2D eigenvalue weighted by atomic mass is 10.1. The van der Waals surface area contributed by atoms with Crippen LogP contribution in [0.5, 0.6) is 5.75 Å². The fourth-order valence-electron chi connectivity index (χ4n) is 3.57. The topological polar surface area (TPSA) is 44.8 Å². The number of aryl methyl sites for hydroxylation is 2. The first-order valence-electron chi connectivity index (χ1n) is 10.0. The SMILES string of the molecule is Cc1cccc(C)c1OCCC(=O)NCc1ccccc1N1CCN(C)CC1. The highest BCUT2D eigenvalue weighted by atomic mass is 16.5. The Morgan fingerprint density at radius 2 is 1.68 bits per heavy atom. The van der Waals surface area contributed by atoms with E-state index in [1.807, 2.05) is 38.1 Å². The summed E-state index contributed by atoms with van der Waals surface area (Å²) in [7, 11) is 2.16. The molecule has 0 radical (unpaired) electrons. The van der Waals surface area contributed by atoms with Crippen LogP contribution in [0.15, 0.2) is 42.5 Å². The number of piperazine rings is 1. The van der Waals surface area contributed by atoms with Crippen molar-refractivity contribution in [1.29, 1.82) is 0 Å². The maximum atomic E-state index is 12.3. The maximum Gasteiger partial charge on any atom is 0.223 e. The maximum absolute atomic E-state index is 12.3. The van der Waals surface area contributed by atoms with E-state index in [0.29, 0.717) is 19.6 Å². The van der Waals surface area contributed by atoms with Crippen molar-refractivity contribution in [1.82, 2.24) is 10.2 Å². The quantitative estimate of drug-likeness (QED) is 0.800. The van der Waals surface area contributed by atoms with Crippen molar-refractivity contribution in [2.75, 3.05) is 44.7 Å². The first-order chi connectivity index (χ1) is 13.5. The zero-order valence-corrected chi connectivity index (χ0v) is 17.2. The number of carbonyl (C=O) groups excluding carboxylic acids is 1. The van der Waals surface area contributed by atoms with Gasteiger partial charge < -0.3 is 19.9 Å². The minimum Gasteiger partial charge on any atom is -0.493 e. The Hall–Kier alpha value is -2.53. The fraction of sp³-hybridized carbons (Fsp3) is 0.435. The van der Waals surface area contributed by atoms with Gasteiger partial charge in [-0.1, -0.05) is 36.4 Å². The van der Waals surface area contributed by atoms with Gasteiger partial charge in [-0.3, -0.25) is 4.79 Å². The van der Waals surface area contributed by atoms with Crippen LogP contribution in [0.4, 0.5) is 5.69 Å². The van der Waals surface area contributed by atoms with E-state index in [0.717, 1.165) is 48.6 Å². The van der Waals surface area contributed by atoms with Crippen LogP contribution in [0.3, 0.4) is 0 Å². The van der Waals surface area contributed by atoms with Crippen molar-refractivity contribution in [2.24, 2.45) is 0 Å². The molecule has 1 amide bonds. The smallest absolute Gasteiger partial charge is 0.223 e.